The van der Waals surface area contributed by atoms with Crippen LogP contribution in [0.15, 0.2) is 30.6 Å². The maximum absolute atomic E-state index is 5.60. The van der Waals surface area contributed by atoms with E-state index >= 15 is 0 Å². The highest BCUT2D eigenvalue weighted by molar-refractivity contribution is 5.42. The number of hydrogen-bond donors (Lipinski definition) is 2. The number of benzene rings is 1. The zero-order valence-electron chi connectivity index (χ0n) is 12.8. The summed E-state index contributed by atoms with van der Waals surface area (Å²) in [5, 5.41) is 3.50. The molecule has 0 radical (unpaired) electrons. The largest absolute Gasteiger partial charge is 0.493 e. The molecule has 2 rings (SSSR count). The lowest BCUT2D eigenvalue weighted by Gasteiger charge is -2.16. The number of nitrogens with one attached hydrogen (secondary N) is 2. The fraction of sp³-hybridized carbons (Fsp3) is 0.438. The first-order chi connectivity index (χ1) is 10.3. The van der Waals surface area contributed by atoms with E-state index in [0.29, 0.717) is 6.61 Å². The molecule has 5 nitrogen and oxygen atoms in total. The average molecular weight is 289 g/mol. The Hall–Kier alpha value is -2.01. The molecule has 0 saturated carbocycles. The number of imidazole rings is 1. The van der Waals surface area contributed by atoms with Gasteiger partial charge in [-0.25, -0.2) is 4.98 Å². The number of nitrogens with zero attached hydrogens (tertiary/aromatic N) is 1. The molecule has 0 aliphatic rings. The van der Waals surface area contributed by atoms with Crippen molar-refractivity contribution in [3.63, 3.8) is 0 Å². The van der Waals surface area contributed by atoms with E-state index < -0.39 is 0 Å². The van der Waals surface area contributed by atoms with Gasteiger partial charge in [0, 0.05) is 18.9 Å². The lowest BCUT2D eigenvalue weighted by atomic mass is 10.1. The first kappa shape index (κ1) is 15.4. The third-order valence-corrected chi connectivity index (χ3v) is 3.34. The molecule has 0 aliphatic heterocycles. The number of methoxy groups -OCH3 is 1. The smallest absolute Gasteiger partial charge is 0.161 e. The fourth-order valence-corrected chi connectivity index (χ4v) is 2.24. The molecule has 2 N–H and O–H groups in total. The van der Waals surface area contributed by atoms with Gasteiger partial charge in [0.05, 0.1) is 19.8 Å². The van der Waals surface area contributed by atoms with Gasteiger partial charge in [-0.05, 0) is 31.0 Å². The monoisotopic (exact) mass is 289 g/mol. The Labute approximate surface area is 125 Å². The zero-order valence-corrected chi connectivity index (χ0v) is 12.8. The molecule has 1 unspecified atom stereocenters. The molecule has 1 aromatic carbocycles. The number of aromatic nitrogens is 2. The lowest BCUT2D eigenvalue weighted by molar-refractivity contribution is 0.310. The lowest BCUT2D eigenvalue weighted by Crippen LogP contribution is -2.21. The van der Waals surface area contributed by atoms with Gasteiger partial charge in [0.25, 0.3) is 0 Å². The molecule has 21 heavy (non-hydrogen) atoms. The molecule has 0 fully saturated rings. The highest BCUT2D eigenvalue weighted by Crippen LogP contribution is 2.28. The normalized spacial score (nSPS) is 12.1. The highest BCUT2D eigenvalue weighted by Gasteiger charge is 2.11. The maximum atomic E-state index is 5.60. The van der Waals surface area contributed by atoms with Crippen LogP contribution in [-0.2, 0) is 6.54 Å². The second kappa shape index (κ2) is 7.69. The van der Waals surface area contributed by atoms with E-state index in [0.717, 1.165) is 35.9 Å². The number of ether oxygens (including phenoxy) is 2. The van der Waals surface area contributed by atoms with E-state index in [1.807, 2.05) is 31.3 Å². The summed E-state index contributed by atoms with van der Waals surface area (Å²) >= 11 is 0. The van der Waals surface area contributed by atoms with E-state index in [4.69, 9.17) is 9.47 Å². The Morgan fingerprint density at radius 1 is 1.29 bits per heavy atom. The van der Waals surface area contributed by atoms with Crippen molar-refractivity contribution in [3.8, 4) is 11.5 Å². The van der Waals surface area contributed by atoms with Gasteiger partial charge in [0.2, 0.25) is 0 Å². The molecule has 1 atom stereocenters. The third-order valence-electron chi connectivity index (χ3n) is 3.34. The van der Waals surface area contributed by atoms with E-state index in [9.17, 15) is 0 Å². The standard InChI is InChI=1S/C16H23N3O2/c1-4-13(16-17-8-9-18-16)19-11-12-6-7-14(20-3)15(10-12)21-5-2/h6-10,13,19H,4-5,11H2,1-3H3,(H,17,18). The number of aromatic amines is 1. The van der Waals surface area contributed by atoms with Crippen LogP contribution in [0.25, 0.3) is 0 Å². The minimum absolute atomic E-state index is 0.220. The summed E-state index contributed by atoms with van der Waals surface area (Å²) in [5.41, 5.74) is 1.16. The Bertz CT molecular complexity index is 540. The van der Waals surface area contributed by atoms with Crippen LogP contribution in [0.5, 0.6) is 11.5 Å². The predicted molar refractivity (Wildman–Crippen MR) is 82.6 cm³/mol. The number of hydrogen-bond acceptors (Lipinski definition) is 4. The Balaban J connectivity index is 2.03. The van der Waals surface area contributed by atoms with Gasteiger partial charge in [-0.3, -0.25) is 0 Å². The summed E-state index contributed by atoms with van der Waals surface area (Å²) < 4.78 is 10.9. The maximum Gasteiger partial charge on any atom is 0.161 e. The van der Waals surface area contributed by atoms with Crippen LogP contribution in [0.4, 0.5) is 0 Å². The van der Waals surface area contributed by atoms with Crippen molar-refractivity contribution < 1.29 is 9.47 Å². The van der Waals surface area contributed by atoms with E-state index in [1.54, 1.807) is 13.3 Å². The van der Waals surface area contributed by atoms with Crippen molar-refractivity contribution in [2.24, 2.45) is 0 Å². The van der Waals surface area contributed by atoms with Crippen LogP contribution in [0.2, 0.25) is 0 Å². The van der Waals surface area contributed by atoms with E-state index in [1.165, 1.54) is 0 Å². The third kappa shape index (κ3) is 3.98. The van der Waals surface area contributed by atoms with E-state index in [-0.39, 0.29) is 6.04 Å². The minimum atomic E-state index is 0.220. The molecule has 0 bridgehead atoms. The van der Waals surface area contributed by atoms with Crippen LogP contribution < -0.4 is 14.8 Å². The molecule has 114 valence electrons. The molecular weight excluding hydrogens is 266 g/mol. The van der Waals surface area contributed by atoms with Crippen molar-refractivity contribution in [1.29, 1.82) is 0 Å². The summed E-state index contributed by atoms with van der Waals surface area (Å²) in [6.45, 7) is 5.48. The predicted octanol–water partition coefficient (Wildman–Crippen LogP) is 3.06. The zero-order chi connectivity index (χ0) is 15.1. The Kier molecular flexibility index (Phi) is 5.63. The van der Waals surface area contributed by atoms with Crippen LogP contribution >= 0.6 is 0 Å². The van der Waals surface area contributed by atoms with Crippen molar-refractivity contribution in [2.75, 3.05) is 13.7 Å². The van der Waals surface area contributed by atoms with Crippen molar-refractivity contribution in [3.05, 3.63) is 42.0 Å². The van der Waals surface area contributed by atoms with Crippen molar-refractivity contribution >= 4 is 0 Å². The molecule has 0 spiro atoms. The van der Waals surface area contributed by atoms with E-state index in [2.05, 4.69) is 22.2 Å². The number of H-pyrrole nitrogens is 1. The van der Waals surface area contributed by atoms with Crippen molar-refractivity contribution in [1.82, 2.24) is 15.3 Å². The quantitative estimate of drug-likeness (QED) is 0.784. The fourth-order valence-electron chi connectivity index (χ4n) is 2.24. The molecule has 1 heterocycles. The summed E-state index contributed by atoms with van der Waals surface area (Å²) in [6.07, 6.45) is 4.60. The van der Waals surface area contributed by atoms with Gasteiger partial charge in [-0.15, -0.1) is 0 Å². The van der Waals surface area contributed by atoms with Gasteiger partial charge < -0.3 is 19.8 Å². The van der Waals surface area contributed by atoms with Crippen LogP contribution in [0.1, 0.15) is 37.7 Å². The Morgan fingerprint density at radius 3 is 2.76 bits per heavy atom. The minimum Gasteiger partial charge on any atom is -0.493 e. The average Bonchev–Trinajstić information content (AvgIpc) is 3.03. The van der Waals surface area contributed by atoms with Crippen molar-refractivity contribution in [2.45, 2.75) is 32.9 Å². The highest BCUT2D eigenvalue weighted by atomic mass is 16.5. The second-order valence-electron chi connectivity index (χ2n) is 4.73. The van der Waals surface area contributed by atoms with Gasteiger partial charge in [-0.1, -0.05) is 13.0 Å². The first-order valence-corrected chi connectivity index (χ1v) is 7.30. The molecule has 0 amide bonds. The second-order valence-corrected chi connectivity index (χ2v) is 4.73. The van der Waals surface area contributed by atoms with Gasteiger partial charge in [0.15, 0.2) is 11.5 Å². The Morgan fingerprint density at radius 2 is 2.14 bits per heavy atom. The van der Waals surface area contributed by atoms with Crippen LogP contribution in [-0.4, -0.2) is 23.7 Å². The first-order valence-electron chi connectivity index (χ1n) is 7.30. The summed E-state index contributed by atoms with van der Waals surface area (Å²) in [6, 6.07) is 6.22. The molecule has 0 saturated heterocycles. The molecule has 2 aromatic rings. The summed E-state index contributed by atoms with van der Waals surface area (Å²) in [5.74, 6) is 2.51. The van der Waals surface area contributed by atoms with Crippen LogP contribution in [0, 0.1) is 0 Å². The summed E-state index contributed by atoms with van der Waals surface area (Å²) in [7, 11) is 1.65. The topological polar surface area (TPSA) is 59.2 Å². The molecule has 5 heteroatoms. The molecule has 0 aliphatic carbocycles. The molecule has 1 aromatic heterocycles. The molecular formula is C16H23N3O2. The summed E-state index contributed by atoms with van der Waals surface area (Å²) in [4.78, 5) is 7.47. The van der Waals surface area contributed by atoms with Crippen LogP contribution in [0.3, 0.4) is 0 Å². The number of rotatable bonds is 8. The SMILES string of the molecule is CCOc1cc(CNC(CC)c2ncc[nH]2)ccc1OC. The van der Waals surface area contributed by atoms with Gasteiger partial charge >= 0.3 is 0 Å². The van der Waals surface area contributed by atoms with Gasteiger partial charge in [0.1, 0.15) is 5.82 Å². The van der Waals surface area contributed by atoms with Gasteiger partial charge in [-0.2, -0.15) is 0 Å².